The van der Waals surface area contributed by atoms with Gasteiger partial charge in [-0.2, -0.15) is 5.10 Å². The number of amides is 1. The third-order valence-corrected chi connectivity index (χ3v) is 6.30. The van der Waals surface area contributed by atoms with E-state index in [2.05, 4.69) is 10.4 Å². The Hall–Kier alpha value is -3.20. The molecule has 1 aliphatic rings. The van der Waals surface area contributed by atoms with E-state index in [1.54, 1.807) is 42.5 Å². The summed E-state index contributed by atoms with van der Waals surface area (Å²) in [5.41, 5.74) is 1.46. The lowest BCUT2D eigenvalue weighted by atomic mass is 10.2. The molecule has 1 saturated heterocycles. The number of halogens is 1. The van der Waals surface area contributed by atoms with Gasteiger partial charge in [0.2, 0.25) is 10.0 Å². The number of anilines is 2. The molecule has 28 heavy (non-hydrogen) atoms. The Balaban J connectivity index is 1.48. The molecule has 9 heteroatoms. The molecule has 0 aliphatic carbocycles. The van der Waals surface area contributed by atoms with E-state index in [4.69, 9.17) is 0 Å². The number of hydrogen-bond acceptors (Lipinski definition) is 4. The minimum atomic E-state index is -3.24. The van der Waals surface area contributed by atoms with Crippen LogP contribution in [0.4, 0.5) is 15.8 Å². The van der Waals surface area contributed by atoms with Crippen LogP contribution in [0.5, 0.6) is 0 Å². The third-order valence-electron chi connectivity index (χ3n) is 4.43. The third kappa shape index (κ3) is 3.48. The Morgan fingerprint density at radius 3 is 2.50 bits per heavy atom. The zero-order valence-corrected chi connectivity index (χ0v) is 15.6. The largest absolute Gasteiger partial charge is 0.321 e. The summed E-state index contributed by atoms with van der Waals surface area (Å²) < 4.78 is 40.5. The molecule has 4 rings (SSSR count). The van der Waals surface area contributed by atoms with Gasteiger partial charge >= 0.3 is 0 Å². The predicted molar refractivity (Wildman–Crippen MR) is 104 cm³/mol. The topological polar surface area (TPSA) is 84.3 Å². The maximum Gasteiger partial charge on any atom is 0.276 e. The van der Waals surface area contributed by atoms with Gasteiger partial charge in [0, 0.05) is 18.4 Å². The van der Waals surface area contributed by atoms with E-state index < -0.39 is 21.7 Å². The number of nitrogens with one attached hydrogen (secondary N) is 1. The number of sulfonamides is 1. The molecule has 1 aliphatic heterocycles. The Bertz CT molecular complexity index is 1130. The van der Waals surface area contributed by atoms with Gasteiger partial charge in [0.25, 0.3) is 5.91 Å². The summed E-state index contributed by atoms with van der Waals surface area (Å²) in [5.74, 6) is -0.738. The van der Waals surface area contributed by atoms with Crippen molar-refractivity contribution >= 4 is 27.3 Å². The molecule has 0 radical (unpaired) electrons. The Kier molecular flexibility index (Phi) is 4.60. The van der Waals surface area contributed by atoms with Gasteiger partial charge in [0.15, 0.2) is 5.69 Å². The summed E-state index contributed by atoms with van der Waals surface area (Å²) in [6.07, 6.45) is 2.11. The summed E-state index contributed by atoms with van der Waals surface area (Å²) >= 11 is 0. The monoisotopic (exact) mass is 400 g/mol. The van der Waals surface area contributed by atoms with Gasteiger partial charge in [-0.1, -0.05) is 12.1 Å². The van der Waals surface area contributed by atoms with Crippen LogP contribution in [0.25, 0.3) is 5.69 Å². The summed E-state index contributed by atoms with van der Waals surface area (Å²) in [6, 6.07) is 14.2. The minimum Gasteiger partial charge on any atom is -0.321 e. The number of para-hydroxylation sites is 1. The first-order chi connectivity index (χ1) is 13.4. The van der Waals surface area contributed by atoms with Gasteiger partial charge < -0.3 is 5.32 Å². The van der Waals surface area contributed by atoms with Crippen molar-refractivity contribution in [3.8, 4) is 5.69 Å². The standard InChI is InChI=1S/C19H17FN4O3S/c20-16-4-1-2-5-18(16)23-12-10-17(22-23)19(25)21-14-6-8-15(9-7-14)24-11-3-13-28(24,26)27/h1-2,4-10,12H,3,11,13H2,(H,21,25). The summed E-state index contributed by atoms with van der Waals surface area (Å²) in [4.78, 5) is 12.4. The Morgan fingerprint density at radius 1 is 1.07 bits per heavy atom. The van der Waals surface area contributed by atoms with Crippen molar-refractivity contribution in [3.63, 3.8) is 0 Å². The molecule has 1 aromatic heterocycles. The number of nitrogens with zero attached hydrogens (tertiary/aromatic N) is 3. The number of carbonyl (C=O) groups excluding carboxylic acids is 1. The second-order valence-electron chi connectivity index (χ2n) is 6.34. The van der Waals surface area contributed by atoms with E-state index in [1.165, 1.54) is 27.3 Å². The smallest absolute Gasteiger partial charge is 0.276 e. The number of hydrogen-bond donors (Lipinski definition) is 1. The fraction of sp³-hybridized carbons (Fsp3) is 0.158. The first kappa shape index (κ1) is 18.2. The van der Waals surface area contributed by atoms with E-state index in [0.29, 0.717) is 24.3 Å². The Labute approximate surface area is 161 Å². The molecular formula is C19H17FN4O3S. The highest BCUT2D eigenvalue weighted by Crippen LogP contribution is 2.25. The lowest BCUT2D eigenvalue weighted by Gasteiger charge is -2.17. The Morgan fingerprint density at radius 2 is 1.82 bits per heavy atom. The normalized spacial score (nSPS) is 15.5. The SMILES string of the molecule is O=C(Nc1ccc(N2CCCS2(=O)=O)cc1)c1ccn(-c2ccccc2F)n1. The van der Waals surface area contributed by atoms with Crippen LogP contribution in [0.3, 0.4) is 0 Å². The second kappa shape index (κ2) is 7.08. The average molecular weight is 400 g/mol. The summed E-state index contributed by atoms with van der Waals surface area (Å²) in [7, 11) is -3.24. The molecule has 0 spiro atoms. The van der Waals surface area contributed by atoms with Crippen molar-refractivity contribution in [1.29, 1.82) is 0 Å². The van der Waals surface area contributed by atoms with E-state index in [-0.39, 0.29) is 17.1 Å². The van der Waals surface area contributed by atoms with Gasteiger partial charge in [0.1, 0.15) is 11.5 Å². The summed E-state index contributed by atoms with van der Waals surface area (Å²) in [5, 5.41) is 6.81. The molecule has 0 saturated carbocycles. The van der Waals surface area contributed by atoms with E-state index >= 15 is 0 Å². The van der Waals surface area contributed by atoms with Crippen molar-refractivity contribution in [2.75, 3.05) is 21.9 Å². The van der Waals surface area contributed by atoms with Crippen LogP contribution in [0.2, 0.25) is 0 Å². The quantitative estimate of drug-likeness (QED) is 0.730. The molecule has 0 bridgehead atoms. The fourth-order valence-electron chi connectivity index (χ4n) is 3.05. The van der Waals surface area contributed by atoms with Crippen LogP contribution in [-0.4, -0.2) is 36.4 Å². The highest BCUT2D eigenvalue weighted by atomic mass is 32.2. The molecule has 0 unspecified atom stereocenters. The van der Waals surface area contributed by atoms with Crippen molar-refractivity contribution in [2.45, 2.75) is 6.42 Å². The molecule has 1 N–H and O–H groups in total. The predicted octanol–water partition coefficient (Wildman–Crippen LogP) is 2.80. The van der Waals surface area contributed by atoms with Crippen LogP contribution in [0.15, 0.2) is 60.8 Å². The van der Waals surface area contributed by atoms with Gasteiger partial charge in [-0.25, -0.2) is 17.5 Å². The maximum absolute atomic E-state index is 13.8. The fourth-order valence-corrected chi connectivity index (χ4v) is 4.62. The van der Waals surface area contributed by atoms with Crippen LogP contribution >= 0.6 is 0 Å². The van der Waals surface area contributed by atoms with Crippen LogP contribution in [0.1, 0.15) is 16.9 Å². The number of carbonyl (C=O) groups is 1. The molecule has 3 aromatic rings. The zero-order chi connectivity index (χ0) is 19.7. The first-order valence-corrected chi connectivity index (χ1v) is 10.3. The second-order valence-corrected chi connectivity index (χ2v) is 8.35. The minimum absolute atomic E-state index is 0.134. The lowest BCUT2D eigenvalue weighted by Crippen LogP contribution is -2.25. The van der Waals surface area contributed by atoms with Crippen molar-refractivity contribution in [1.82, 2.24) is 9.78 Å². The van der Waals surface area contributed by atoms with E-state index in [0.717, 1.165) is 0 Å². The highest BCUT2D eigenvalue weighted by molar-refractivity contribution is 7.93. The van der Waals surface area contributed by atoms with Crippen molar-refractivity contribution < 1.29 is 17.6 Å². The molecule has 0 atom stereocenters. The molecule has 7 nitrogen and oxygen atoms in total. The van der Waals surface area contributed by atoms with Gasteiger partial charge in [-0.3, -0.25) is 9.10 Å². The van der Waals surface area contributed by atoms with Gasteiger partial charge in [-0.15, -0.1) is 0 Å². The summed E-state index contributed by atoms with van der Waals surface area (Å²) in [6.45, 7) is 0.460. The average Bonchev–Trinajstić information content (AvgIpc) is 3.29. The molecule has 1 fully saturated rings. The van der Waals surface area contributed by atoms with Crippen LogP contribution in [-0.2, 0) is 10.0 Å². The number of rotatable bonds is 4. The number of benzene rings is 2. The molecule has 144 valence electrons. The molecule has 1 amide bonds. The highest BCUT2D eigenvalue weighted by Gasteiger charge is 2.28. The van der Waals surface area contributed by atoms with Gasteiger partial charge in [-0.05, 0) is 48.9 Å². The molecule has 2 heterocycles. The molecule has 2 aromatic carbocycles. The molecular weight excluding hydrogens is 383 g/mol. The van der Waals surface area contributed by atoms with Crippen molar-refractivity contribution in [2.24, 2.45) is 0 Å². The van der Waals surface area contributed by atoms with Crippen LogP contribution < -0.4 is 9.62 Å². The van der Waals surface area contributed by atoms with E-state index in [1.807, 2.05) is 0 Å². The maximum atomic E-state index is 13.8. The lowest BCUT2D eigenvalue weighted by molar-refractivity contribution is 0.102. The van der Waals surface area contributed by atoms with E-state index in [9.17, 15) is 17.6 Å². The van der Waals surface area contributed by atoms with Gasteiger partial charge in [0.05, 0.1) is 11.4 Å². The van der Waals surface area contributed by atoms with Crippen LogP contribution in [0, 0.1) is 5.82 Å². The zero-order valence-electron chi connectivity index (χ0n) is 14.7. The van der Waals surface area contributed by atoms with Crippen molar-refractivity contribution in [3.05, 3.63) is 72.3 Å². The number of aromatic nitrogens is 2. The first-order valence-electron chi connectivity index (χ1n) is 8.66.